The number of carbonyl (C=O) groups excluding carboxylic acids is 2. The first-order valence-electron chi connectivity index (χ1n) is 18.5. The molecule has 11 heteroatoms. The molecule has 0 spiro atoms. The van der Waals surface area contributed by atoms with Crippen molar-refractivity contribution in [3.63, 3.8) is 0 Å². The summed E-state index contributed by atoms with van der Waals surface area (Å²) in [7, 11) is 3.78. The number of cyclic esters (lactones) is 1. The van der Waals surface area contributed by atoms with E-state index in [9.17, 15) is 24.9 Å². The summed E-state index contributed by atoms with van der Waals surface area (Å²) >= 11 is 0. The number of nitrogens with zero attached hydrogens (tertiary/aromatic N) is 2. The van der Waals surface area contributed by atoms with Crippen molar-refractivity contribution in [2.45, 2.75) is 129 Å². The molecule has 12 atom stereocenters. The molecule has 2 aromatic rings. The first-order chi connectivity index (χ1) is 24.4. The quantitative estimate of drug-likeness (QED) is 0.313. The molecular formula is C41H60N2O9. The van der Waals surface area contributed by atoms with Crippen LogP contribution in [-0.2, 0) is 28.5 Å². The van der Waals surface area contributed by atoms with E-state index < -0.39 is 65.6 Å². The van der Waals surface area contributed by atoms with E-state index in [2.05, 4.69) is 4.98 Å². The lowest BCUT2D eigenvalue weighted by Crippen LogP contribution is -2.59. The average molecular weight is 725 g/mol. The fraction of sp³-hybridized carbons (Fsp3) is 0.634. The molecule has 1 saturated heterocycles. The number of ether oxygens (including phenoxy) is 4. The van der Waals surface area contributed by atoms with E-state index in [-0.39, 0.29) is 37.4 Å². The second-order valence-corrected chi connectivity index (χ2v) is 15.6. The van der Waals surface area contributed by atoms with Gasteiger partial charge in [0.05, 0.1) is 42.0 Å². The number of hydrogen-bond acceptors (Lipinski definition) is 11. The smallest absolute Gasteiger partial charge is 0.311 e. The minimum Gasteiger partial charge on any atom is -0.459 e. The Bertz CT molecular complexity index is 1590. The molecule has 1 fully saturated rings. The predicted octanol–water partition coefficient (Wildman–Crippen LogP) is 5.10. The molecule has 3 N–H and O–H groups in total. The zero-order chi connectivity index (χ0) is 38.5. The maximum atomic E-state index is 14.0. The van der Waals surface area contributed by atoms with Gasteiger partial charge >= 0.3 is 5.97 Å². The molecular weight excluding hydrogens is 664 g/mol. The summed E-state index contributed by atoms with van der Waals surface area (Å²) < 4.78 is 25.5. The largest absolute Gasteiger partial charge is 0.459 e. The zero-order valence-corrected chi connectivity index (χ0v) is 32.5. The van der Waals surface area contributed by atoms with Crippen molar-refractivity contribution in [2.75, 3.05) is 20.7 Å². The van der Waals surface area contributed by atoms with Crippen LogP contribution in [0.4, 0.5) is 0 Å². The van der Waals surface area contributed by atoms with E-state index in [1.807, 2.05) is 75.3 Å². The second kappa shape index (κ2) is 17.4. The van der Waals surface area contributed by atoms with Gasteiger partial charge in [0.25, 0.3) is 0 Å². The molecule has 0 saturated carbocycles. The maximum Gasteiger partial charge on any atom is 0.311 e. The van der Waals surface area contributed by atoms with Gasteiger partial charge in [0.15, 0.2) is 12.1 Å². The molecule has 0 bridgehead atoms. The molecule has 2 aliphatic heterocycles. The molecule has 0 amide bonds. The van der Waals surface area contributed by atoms with Gasteiger partial charge in [-0.05, 0) is 97.3 Å². The van der Waals surface area contributed by atoms with Crippen molar-refractivity contribution in [2.24, 2.45) is 17.8 Å². The number of hydrogen-bond donors (Lipinski definition) is 3. The Morgan fingerprint density at radius 3 is 2.44 bits per heavy atom. The van der Waals surface area contributed by atoms with Gasteiger partial charge in [-0.2, -0.15) is 0 Å². The summed E-state index contributed by atoms with van der Waals surface area (Å²) in [6.45, 7) is 13.9. The van der Waals surface area contributed by atoms with E-state index in [0.717, 1.165) is 16.5 Å². The monoisotopic (exact) mass is 724 g/mol. The SMILES string of the molecule is CC[C@H]1OC(=O)[C@H](C)[C@@H](O)[C@H](C)[C@@H](O[C@@H]2O[C@H](C)C[C@H](N(C)C)[C@H]2O)[C@](C)(OC/C=C/c2cnc3ccccc3c2)C[C@@H](C)C(=O)/C(C)=C/[C@]1(C)O. The summed E-state index contributed by atoms with van der Waals surface area (Å²) in [4.78, 5) is 34.0. The summed E-state index contributed by atoms with van der Waals surface area (Å²) in [6, 6.07) is 9.62. The first-order valence-corrected chi connectivity index (χ1v) is 18.5. The molecule has 52 heavy (non-hydrogen) atoms. The fourth-order valence-corrected chi connectivity index (χ4v) is 7.81. The number of aliphatic hydroxyl groups excluding tert-OH is 2. The summed E-state index contributed by atoms with van der Waals surface area (Å²) in [6.07, 6.45) is 2.42. The van der Waals surface area contributed by atoms with Crippen molar-refractivity contribution in [3.05, 3.63) is 59.8 Å². The van der Waals surface area contributed by atoms with E-state index in [4.69, 9.17) is 18.9 Å². The number of pyridine rings is 1. The van der Waals surface area contributed by atoms with Crippen LogP contribution in [-0.4, -0.2) is 112 Å². The number of esters is 1. The van der Waals surface area contributed by atoms with Crippen molar-refractivity contribution in [1.82, 2.24) is 9.88 Å². The summed E-state index contributed by atoms with van der Waals surface area (Å²) in [5.41, 5.74) is -0.802. The van der Waals surface area contributed by atoms with Crippen LogP contribution in [0.15, 0.2) is 54.3 Å². The Balaban J connectivity index is 1.77. The van der Waals surface area contributed by atoms with Crippen molar-refractivity contribution >= 4 is 28.7 Å². The Morgan fingerprint density at radius 2 is 1.77 bits per heavy atom. The van der Waals surface area contributed by atoms with Crippen LogP contribution >= 0.6 is 0 Å². The third kappa shape index (κ3) is 9.74. The molecule has 3 heterocycles. The lowest BCUT2D eigenvalue weighted by molar-refractivity contribution is -0.302. The van der Waals surface area contributed by atoms with Crippen LogP contribution < -0.4 is 0 Å². The summed E-state index contributed by atoms with van der Waals surface area (Å²) in [5.74, 6) is -3.34. The lowest BCUT2D eigenvalue weighted by Gasteiger charge is -2.48. The Kier molecular flexibility index (Phi) is 14.0. The highest BCUT2D eigenvalue weighted by molar-refractivity contribution is 5.96. The van der Waals surface area contributed by atoms with E-state index >= 15 is 0 Å². The number of carbonyl (C=O) groups is 2. The molecule has 1 aromatic carbocycles. The Labute approximate surface area is 309 Å². The lowest BCUT2D eigenvalue weighted by atomic mass is 9.76. The van der Waals surface area contributed by atoms with Gasteiger partial charge in [-0.3, -0.25) is 14.6 Å². The number of aliphatic hydroxyl groups is 3. The molecule has 0 unspecified atom stereocenters. The van der Waals surface area contributed by atoms with Crippen molar-refractivity contribution in [3.8, 4) is 0 Å². The van der Waals surface area contributed by atoms with Crippen LogP contribution in [0.1, 0.15) is 80.2 Å². The molecule has 0 radical (unpaired) electrons. The highest BCUT2D eigenvalue weighted by Gasteiger charge is 2.50. The van der Waals surface area contributed by atoms with Crippen molar-refractivity contribution in [1.29, 1.82) is 0 Å². The van der Waals surface area contributed by atoms with Crippen LogP contribution in [0.3, 0.4) is 0 Å². The maximum absolute atomic E-state index is 14.0. The highest BCUT2D eigenvalue weighted by Crippen LogP contribution is 2.39. The molecule has 0 aliphatic carbocycles. The van der Waals surface area contributed by atoms with Gasteiger partial charge in [0.2, 0.25) is 0 Å². The van der Waals surface area contributed by atoms with E-state index in [1.165, 1.54) is 13.0 Å². The predicted molar refractivity (Wildman–Crippen MR) is 200 cm³/mol. The topological polar surface area (TPSA) is 148 Å². The van der Waals surface area contributed by atoms with Gasteiger partial charge in [0.1, 0.15) is 17.8 Å². The zero-order valence-electron chi connectivity index (χ0n) is 32.5. The van der Waals surface area contributed by atoms with Crippen LogP contribution in [0.25, 0.3) is 17.0 Å². The Hall–Kier alpha value is -3.03. The van der Waals surface area contributed by atoms with Crippen LogP contribution in [0.5, 0.6) is 0 Å². The molecule has 288 valence electrons. The minimum absolute atomic E-state index is 0.108. The van der Waals surface area contributed by atoms with Crippen molar-refractivity contribution < 1.29 is 43.9 Å². The number of Topliss-reactive ketones (excluding diaryl/α,β-unsaturated/α-hetero) is 1. The molecule has 1 aromatic heterocycles. The minimum atomic E-state index is -1.63. The molecule has 2 aliphatic rings. The Morgan fingerprint density at radius 1 is 1.08 bits per heavy atom. The summed E-state index contributed by atoms with van der Waals surface area (Å²) in [5, 5.41) is 35.8. The number of aromatic nitrogens is 1. The number of likely N-dealkylation sites (N-methyl/N-ethyl adjacent to an activating group) is 1. The van der Waals surface area contributed by atoms with Gasteiger partial charge in [-0.15, -0.1) is 0 Å². The molecule has 11 nitrogen and oxygen atoms in total. The van der Waals surface area contributed by atoms with Gasteiger partial charge < -0.3 is 39.2 Å². The first kappa shape index (κ1) is 41.7. The number of fused-ring (bicyclic) bond motifs is 1. The normalized spacial score (nSPS) is 38.2. The third-order valence-corrected chi connectivity index (χ3v) is 10.8. The van der Waals surface area contributed by atoms with Crippen LogP contribution in [0.2, 0.25) is 0 Å². The second-order valence-electron chi connectivity index (χ2n) is 15.6. The van der Waals surface area contributed by atoms with Crippen LogP contribution in [0, 0.1) is 17.8 Å². The number of rotatable bonds is 8. The number of ketones is 1. The number of benzene rings is 1. The van der Waals surface area contributed by atoms with E-state index in [1.54, 1.807) is 40.8 Å². The fourth-order valence-electron chi connectivity index (χ4n) is 7.81. The third-order valence-electron chi connectivity index (χ3n) is 10.8. The van der Waals surface area contributed by atoms with Gasteiger partial charge in [-0.1, -0.05) is 51.1 Å². The average Bonchev–Trinajstić information content (AvgIpc) is 3.10. The van der Waals surface area contributed by atoms with Gasteiger partial charge in [-0.25, -0.2) is 0 Å². The number of para-hydroxylation sites is 1. The highest BCUT2D eigenvalue weighted by atomic mass is 16.7. The molecule has 4 rings (SSSR count). The van der Waals surface area contributed by atoms with E-state index in [0.29, 0.717) is 12.0 Å². The van der Waals surface area contributed by atoms with Gasteiger partial charge in [0, 0.05) is 29.5 Å². The standard InChI is InChI=1S/C41H60N2O9/c1-11-33-40(7,48)21-24(2)34(44)25(3)22-41(8,49-18-14-15-29-20-30-16-12-13-17-31(30)42-23-29)37(27(5)35(45)28(6)38(47)51-33)52-39-36(46)32(43(9)10)19-26(4)50-39/h12-17,20-21,23,25-28,32-33,35-37,39,45-46,48H,11,18-19,22H2,1-10H3/b15-14+,24-21+/t25-,26-,27+,28-,32+,33-,35+,36-,37-,39+,40+,41-/m1/s1. The number of allylic oxidation sites excluding steroid dienone is 1.